The van der Waals surface area contributed by atoms with Crippen LogP contribution in [0.3, 0.4) is 0 Å². The molecule has 0 unspecified atom stereocenters. The van der Waals surface area contributed by atoms with Crippen LogP contribution in [0, 0.1) is 0 Å². The first-order valence-electron chi connectivity index (χ1n) is 2.28. The van der Waals surface area contributed by atoms with Gasteiger partial charge < -0.3 is 25.9 Å². The average molecular weight is 337 g/mol. The molecule has 0 aliphatic heterocycles. The Morgan fingerprint density at radius 1 is 0.800 bits per heavy atom. The Kier molecular flexibility index (Phi) is 10.9. The first-order valence-corrected chi connectivity index (χ1v) is 6.83. The molecule has 10 nitrogen and oxygen atoms in total. The molecule has 0 fully saturated rings. The number of hydrogen-bond acceptors (Lipinski definition) is 5. The maximum Gasteiger partial charge on any atom is 1.00 e. The van der Waals surface area contributed by atoms with Gasteiger partial charge in [-0.2, -0.15) is 8.62 Å². The Bertz CT molecular complexity index is 288. The number of phosphoric acid groups is 3. The Morgan fingerprint density at radius 3 is 1.13 bits per heavy atom. The zero-order chi connectivity index (χ0) is 10.9. The predicted octanol–water partition coefficient (Wildman–Crippen LogP) is -3.58. The maximum atomic E-state index is 10.4. The van der Waals surface area contributed by atoms with Gasteiger partial charge in [0.25, 0.3) is 0 Å². The largest absolute Gasteiger partial charge is 1.00 e. The summed E-state index contributed by atoms with van der Waals surface area (Å²) in [6.07, 6.45) is 0. The van der Waals surface area contributed by atoms with E-state index >= 15 is 0 Å². The zero-order valence-electron chi connectivity index (χ0n) is 8.00. The van der Waals surface area contributed by atoms with Gasteiger partial charge in [0.15, 0.2) is 0 Å². The SMILES string of the molecule is O=P(O)(O)OP(=O)(O)OP(=O)(O)O.[H-].[Mn].[Na+]. The van der Waals surface area contributed by atoms with Gasteiger partial charge in [-0.05, 0) is 0 Å². The standard InChI is InChI=1S/Mn.Na.H5O10P3.H/c;;1-11(2,3)9-13(7,8)10-12(4,5)6;/h;;(H,7,8)(H2,1,2,3)(H2,4,5,6);/q;+1;;-1. The van der Waals surface area contributed by atoms with E-state index in [0.29, 0.717) is 0 Å². The fourth-order valence-corrected chi connectivity index (χ4v) is 2.82. The summed E-state index contributed by atoms with van der Waals surface area (Å²) in [5.41, 5.74) is 0. The van der Waals surface area contributed by atoms with E-state index in [2.05, 4.69) is 8.62 Å². The molecule has 0 atom stereocenters. The molecular weight excluding hydrogens is 331 g/mol. The van der Waals surface area contributed by atoms with Crippen molar-refractivity contribution in [2.45, 2.75) is 0 Å². The summed E-state index contributed by atoms with van der Waals surface area (Å²) in [5, 5.41) is 0. The molecular formula is H6MnNaO10P3. The predicted molar refractivity (Wildman–Crippen MR) is 37.2 cm³/mol. The van der Waals surface area contributed by atoms with Crippen LogP contribution in [0.25, 0.3) is 0 Å². The van der Waals surface area contributed by atoms with Gasteiger partial charge in [-0.1, -0.05) is 0 Å². The van der Waals surface area contributed by atoms with Crippen LogP contribution < -0.4 is 29.6 Å². The molecule has 0 aromatic carbocycles. The molecule has 0 aromatic rings. The van der Waals surface area contributed by atoms with Gasteiger partial charge >= 0.3 is 53.0 Å². The Balaban J connectivity index is -0.000000240. The smallest absolute Gasteiger partial charge is 1.00 e. The molecule has 0 saturated carbocycles. The minimum atomic E-state index is -5.46. The normalized spacial score (nSPS) is 12.6. The molecule has 89 valence electrons. The minimum Gasteiger partial charge on any atom is -1.00 e. The van der Waals surface area contributed by atoms with Crippen molar-refractivity contribution < 1.29 is 94.8 Å². The molecule has 0 rings (SSSR count). The van der Waals surface area contributed by atoms with E-state index in [1.54, 1.807) is 0 Å². The fourth-order valence-electron chi connectivity index (χ4n) is 0.284. The van der Waals surface area contributed by atoms with E-state index in [9.17, 15) is 13.7 Å². The van der Waals surface area contributed by atoms with Crippen LogP contribution in [-0.4, -0.2) is 24.5 Å². The van der Waals surface area contributed by atoms with Crippen molar-refractivity contribution in [3.05, 3.63) is 0 Å². The third kappa shape index (κ3) is 15.9. The first-order chi connectivity index (χ1) is 5.41. The molecule has 0 aliphatic rings. The van der Waals surface area contributed by atoms with Crippen molar-refractivity contribution in [1.29, 1.82) is 0 Å². The molecule has 0 bridgehead atoms. The van der Waals surface area contributed by atoms with Gasteiger partial charge in [-0.25, -0.2) is 13.7 Å². The van der Waals surface area contributed by atoms with Gasteiger partial charge in [0.1, 0.15) is 0 Å². The van der Waals surface area contributed by atoms with Gasteiger partial charge in [0.05, 0.1) is 0 Å². The number of hydrogen-bond donors (Lipinski definition) is 5. The van der Waals surface area contributed by atoms with Gasteiger partial charge in [-0.3, -0.25) is 0 Å². The first kappa shape index (κ1) is 22.1. The summed E-state index contributed by atoms with van der Waals surface area (Å²) in [7, 11) is -16.2. The van der Waals surface area contributed by atoms with Gasteiger partial charge in [-0.15, -0.1) is 0 Å². The topological polar surface area (TPSA) is 171 Å². The second-order valence-electron chi connectivity index (χ2n) is 1.61. The van der Waals surface area contributed by atoms with Crippen molar-refractivity contribution in [2.24, 2.45) is 0 Å². The van der Waals surface area contributed by atoms with Crippen LogP contribution in [0.5, 0.6) is 0 Å². The van der Waals surface area contributed by atoms with E-state index in [0.717, 1.165) is 0 Å². The molecule has 0 heterocycles. The molecule has 0 aromatic heterocycles. The molecule has 15 heavy (non-hydrogen) atoms. The average Bonchev–Trinajstić information content (AvgIpc) is 1.43. The van der Waals surface area contributed by atoms with Crippen LogP contribution in [0.15, 0.2) is 0 Å². The third-order valence-electron chi connectivity index (χ3n) is 0.419. The van der Waals surface area contributed by atoms with Crippen LogP contribution in [-0.2, 0) is 39.4 Å². The molecule has 0 aliphatic carbocycles. The van der Waals surface area contributed by atoms with Crippen LogP contribution in [0.2, 0.25) is 0 Å². The summed E-state index contributed by atoms with van der Waals surface area (Å²) in [6.45, 7) is 0. The molecule has 5 N–H and O–H groups in total. The van der Waals surface area contributed by atoms with Crippen LogP contribution in [0.4, 0.5) is 0 Å². The Hall–Kier alpha value is 1.93. The van der Waals surface area contributed by atoms with Crippen molar-refractivity contribution >= 4 is 23.5 Å². The van der Waals surface area contributed by atoms with Crippen LogP contribution >= 0.6 is 23.5 Å². The minimum absolute atomic E-state index is 0. The molecule has 1 radical (unpaired) electrons. The second kappa shape index (κ2) is 7.38. The molecule has 0 saturated heterocycles. The Morgan fingerprint density at radius 2 is 1.00 bits per heavy atom. The maximum absolute atomic E-state index is 10.4. The van der Waals surface area contributed by atoms with E-state index in [1.807, 2.05) is 0 Å². The Labute approximate surface area is 118 Å². The summed E-state index contributed by atoms with van der Waals surface area (Å²) >= 11 is 0. The summed E-state index contributed by atoms with van der Waals surface area (Å²) in [4.78, 5) is 40.2. The summed E-state index contributed by atoms with van der Waals surface area (Å²) < 4.78 is 36.4. The van der Waals surface area contributed by atoms with Crippen molar-refractivity contribution in [2.75, 3.05) is 0 Å². The quantitative estimate of drug-likeness (QED) is 0.255. The van der Waals surface area contributed by atoms with Crippen LogP contribution in [0.1, 0.15) is 1.43 Å². The van der Waals surface area contributed by atoms with E-state index in [1.165, 1.54) is 0 Å². The summed E-state index contributed by atoms with van der Waals surface area (Å²) in [5.74, 6) is 0. The van der Waals surface area contributed by atoms with Gasteiger partial charge in [0, 0.05) is 17.1 Å². The molecule has 15 heteroatoms. The summed E-state index contributed by atoms with van der Waals surface area (Å²) in [6, 6.07) is 0. The molecule has 0 amide bonds. The zero-order valence-corrected chi connectivity index (χ0v) is 12.9. The van der Waals surface area contributed by atoms with E-state index < -0.39 is 23.5 Å². The number of rotatable bonds is 4. The monoisotopic (exact) mass is 337 g/mol. The second-order valence-corrected chi connectivity index (χ2v) is 5.82. The van der Waals surface area contributed by atoms with E-state index in [-0.39, 0.29) is 48.1 Å². The van der Waals surface area contributed by atoms with E-state index in [4.69, 9.17) is 24.5 Å². The van der Waals surface area contributed by atoms with Gasteiger partial charge in [0.2, 0.25) is 0 Å². The third-order valence-corrected chi connectivity index (χ3v) is 3.77. The van der Waals surface area contributed by atoms with Crippen molar-refractivity contribution in [1.82, 2.24) is 0 Å². The fraction of sp³-hybridized carbons (Fsp3) is 0. The van der Waals surface area contributed by atoms with Crippen molar-refractivity contribution in [3.8, 4) is 0 Å². The van der Waals surface area contributed by atoms with Crippen molar-refractivity contribution in [3.63, 3.8) is 0 Å². The molecule has 0 spiro atoms.